The molecule has 0 aliphatic heterocycles. The molecule has 3 aromatic rings. The van der Waals surface area contributed by atoms with E-state index in [0.29, 0.717) is 18.5 Å². The SMILES string of the molecule is O=C(NCC(CCO)c1ccccc1)c1ccccc1-c1ccccc1. The Balaban J connectivity index is 1.76. The highest BCUT2D eigenvalue weighted by molar-refractivity contribution is 6.00. The average Bonchev–Trinajstić information content (AvgIpc) is 2.72. The standard InChI is InChI=1S/C23H23NO2/c25-16-15-20(18-9-3-1-4-10-18)17-24-23(26)22-14-8-7-13-21(22)19-11-5-2-6-12-19/h1-14,20,25H,15-17H2,(H,24,26). The van der Waals surface area contributed by atoms with E-state index >= 15 is 0 Å². The first-order chi connectivity index (χ1) is 12.8. The molecule has 0 aliphatic rings. The van der Waals surface area contributed by atoms with Crippen molar-refractivity contribution in [2.75, 3.05) is 13.2 Å². The molecule has 0 aliphatic carbocycles. The molecule has 0 saturated carbocycles. The molecule has 26 heavy (non-hydrogen) atoms. The van der Waals surface area contributed by atoms with Crippen molar-refractivity contribution in [3.05, 3.63) is 96.1 Å². The first-order valence-electron chi connectivity index (χ1n) is 8.88. The van der Waals surface area contributed by atoms with Crippen LogP contribution in [0.1, 0.15) is 28.3 Å². The second-order valence-electron chi connectivity index (χ2n) is 6.24. The smallest absolute Gasteiger partial charge is 0.251 e. The second-order valence-corrected chi connectivity index (χ2v) is 6.24. The first kappa shape index (κ1) is 17.9. The topological polar surface area (TPSA) is 49.3 Å². The van der Waals surface area contributed by atoms with Crippen LogP contribution in [0.25, 0.3) is 11.1 Å². The third-order valence-electron chi connectivity index (χ3n) is 4.51. The largest absolute Gasteiger partial charge is 0.396 e. The number of rotatable bonds is 7. The maximum Gasteiger partial charge on any atom is 0.251 e. The zero-order valence-corrected chi connectivity index (χ0v) is 14.6. The van der Waals surface area contributed by atoms with Gasteiger partial charge in [-0.25, -0.2) is 0 Å². The summed E-state index contributed by atoms with van der Waals surface area (Å²) in [6.45, 7) is 0.586. The third-order valence-corrected chi connectivity index (χ3v) is 4.51. The summed E-state index contributed by atoms with van der Waals surface area (Å²) in [5.41, 5.74) is 3.73. The van der Waals surface area contributed by atoms with Gasteiger partial charge in [-0.05, 0) is 29.2 Å². The number of aliphatic hydroxyl groups is 1. The minimum atomic E-state index is -0.0941. The Kier molecular flexibility index (Phi) is 6.18. The number of aliphatic hydroxyl groups excluding tert-OH is 1. The van der Waals surface area contributed by atoms with E-state index in [1.54, 1.807) is 0 Å². The molecule has 0 heterocycles. The van der Waals surface area contributed by atoms with E-state index in [9.17, 15) is 9.90 Å². The summed E-state index contributed by atoms with van der Waals surface area (Å²) >= 11 is 0. The number of nitrogens with one attached hydrogen (secondary N) is 1. The molecule has 3 aromatic carbocycles. The van der Waals surface area contributed by atoms with E-state index in [0.717, 1.165) is 16.7 Å². The van der Waals surface area contributed by atoms with Gasteiger partial charge in [0, 0.05) is 24.6 Å². The first-order valence-corrected chi connectivity index (χ1v) is 8.88. The molecule has 0 bridgehead atoms. The Bertz CT molecular complexity index is 831. The molecule has 3 heteroatoms. The van der Waals surface area contributed by atoms with Crippen LogP contribution < -0.4 is 5.32 Å². The fourth-order valence-corrected chi connectivity index (χ4v) is 3.13. The van der Waals surface area contributed by atoms with Gasteiger partial charge in [-0.15, -0.1) is 0 Å². The van der Waals surface area contributed by atoms with E-state index in [4.69, 9.17) is 0 Å². The molecular formula is C23H23NO2. The molecule has 3 rings (SSSR count). The van der Waals surface area contributed by atoms with Gasteiger partial charge in [-0.2, -0.15) is 0 Å². The van der Waals surface area contributed by atoms with Gasteiger partial charge in [0.1, 0.15) is 0 Å². The summed E-state index contributed by atoms with van der Waals surface area (Å²) in [6, 6.07) is 27.5. The van der Waals surface area contributed by atoms with Crippen LogP contribution in [0.4, 0.5) is 0 Å². The summed E-state index contributed by atoms with van der Waals surface area (Å²) in [7, 11) is 0. The van der Waals surface area contributed by atoms with Gasteiger partial charge in [0.2, 0.25) is 0 Å². The number of benzene rings is 3. The quantitative estimate of drug-likeness (QED) is 0.672. The van der Waals surface area contributed by atoms with Crippen molar-refractivity contribution in [2.24, 2.45) is 0 Å². The fraction of sp³-hybridized carbons (Fsp3) is 0.174. The monoisotopic (exact) mass is 345 g/mol. The normalized spacial score (nSPS) is 11.7. The van der Waals surface area contributed by atoms with Crippen molar-refractivity contribution in [3.8, 4) is 11.1 Å². The van der Waals surface area contributed by atoms with Crippen molar-refractivity contribution in [1.29, 1.82) is 0 Å². The Morgan fingerprint density at radius 3 is 2.15 bits per heavy atom. The highest BCUT2D eigenvalue weighted by atomic mass is 16.3. The van der Waals surface area contributed by atoms with Crippen molar-refractivity contribution in [1.82, 2.24) is 5.32 Å². The van der Waals surface area contributed by atoms with Crippen molar-refractivity contribution in [3.63, 3.8) is 0 Å². The zero-order valence-electron chi connectivity index (χ0n) is 14.6. The fourth-order valence-electron chi connectivity index (χ4n) is 3.13. The Morgan fingerprint density at radius 2 is 1.46 bits per heavy atom. The second kappa shape index (κ2) is 8.97. The van der Waals surface area contributed by atoms with Crippen molar-refractivity contribution < 1.29 is 9.90 Å². The van der Waals surface area contributed by atoms with Crippen LogP contribution >= 0.6 is 0 Å². The van der Waals surface area contributed by atoms with Crippen LogP contribution in [-0.2, 0) is 0 Å². The minimum Gasteiger partial charge on any atom is -0.396 e. The highest BCUT2D eigenvalue weighted by Gasteiger charge is 2.15. The molecule has 1 unspecified atom stereocenters. The van der Waals surface area contributed by atoms with Crippen LogP contribution in [0.5, 0.6) is 0 Å². The van der Waals surface area contributed by atoms with E-state index in [-0.39, 0.29) is 18.4 Å². The number of hydrogen-bond acceptors (Lipinski definition) is 2. The van der Waals surface area contributed by atoms with Gasteiger partial charge in [0.05, 0.1) is 0 Å². The summed E-state index contributed by atoms with van der Waals surface area (Å²) < 4.78 is 0. The Hall–Kier alpha value is -2.91. The predicted molar refractivity (Wildman–Crippen MR) is 105 cm³/mol. The summed E-state index contributed by atoms with van der Waals surface area (Å²) in [6.07, 6.45) is 0.616. The summed E-state index contributed by atoms with van der Waals surface area (Å²) in [5.74, 6) is -0.00244. The number of amides is 1. The molecule has 3 nitrogen and oxygen atoms in total. The molecular weight excluding hydrogens is 322 g/mol. The third kappa shape index (κ3) is 4.38. The van der Waals surface area contributed by atoms with E-state index in [1.807, 2.05) is 84.9 Å². The maximum atomic E-state index is 12.8. The van der Waals surface area contributed by atoms with Crippen LogP contribution in [-0.4, -0.2) is 24.2 Å². The zero-order chi connectivity index (χ0) is 18.2. The average molecular weight is 345 g/mol. The van der Waals surface area contributed by atoms with Gasteiger partial charge in [0.25, 0.3) is 5.91 Å². The lowest BCUT2D eigenvalue weighted by Crippen LogP contribution is -2.29. The number of hydrogen-bond donors (Lipinski definition) is 2. The molecule has 0 saturated heterocycles. The van der Waals surface area contributed by atoms with Gasteiger partial charge >= 0.3 is 0 Å². The maximum absolute atomic E-state index is 12.8. The number of carbonyl (C=O) groups is 1. The molecule has 1 atom stereocenters. The molecule has 0 fully saturated rings. The molecule has 0 spiro atoms. The molecule has 1 amide bonds. The number of carbonyl (C=O) groups excluding carboxylic acids is 1. The van der Waals surface area contributed by atoms with E-state index in [2.05, 4.69) is 5.32 Å². The van der Waals surface area contributed by atoms with Gasteiger partial charge in [0.15, 0.2) is 0 Å². The van der Waals surface area contributed by atoms with E-state index in [1.165, 1.54) is 0 Å². The van der Waals surface area contributed by atoms with Crippen molar-refractivity contribution >= 4 is 5.91 Å². The molecule has 0 radical (unpaired) electrons. The summed E-state index contributed by atoms with van der Waals surface area (Å²) in [4.78, 5) is 12.8. The van der Waals surface area contributed by atoms with Gasteiger partial charge in [-0.3, -0.25) is 4.79 Å². The predicted octanol–water partition coefficient (Wildman–Crippen LogP) is 4.25. The van der Waals surface area contributed by atoms with Crippen LogP contribution in [0.2, 0.25) is 0 Å². The Morgan fingerprint density at radius 1 is 0.846 bits per heavy atom. The molecule has 2 N–H and O–H groups in total. The van der Waals surface area contributed by atoms with Crippen LogP contribution in [0.15, 0.2) is 84.9 Å². The highest BCUT2D eigenvalue weighted by Crippen LogP contribution is 2.24. The van der Waals surface area contributed by atoms with E-state index < -0.39 is 0 Å². The van der Waals surface area contributed by atoms with Crippen LogP contribution in [0, 0.1) is 0 Å². The lowest BCUT2D eigenvalue weighted by atomic mass is 9.95. The molecule has 0 aromatic heterocycles. The minimum absolute atomic E-state index is 0.0917. The van der Waals surface area contributed by atoms with Gasteiger partial charge < -0.3 is 10.4 Å². The lowest BCUT2D eigenvalue weighted by molar-refractivity contribution is 0.0950. The summed E-state index contributed by atoms with van der Waals surface area (Å²) in [5, 5.41) is 12.4. The van der Waals surface area contributed by atoms with Crippen molar-refractivity contribution in [2.45, 2.75) is 12.3 Å². The van der Waals surface area contributed by atoms with Crippen LogP contribution in [0.3, 0.4) is 0 Å². The lowest BCUT2D eigenvalue weighted by Gasteiger charge is -2.18. The molecule has 132 valence electrons. The Labute approximate surface area is 154 Å². The van der Waals surface area contributed by atoms with Gasteiger partial charge in [-0.1, -0.05) is 78.9 Å².